The number of carbonyl (C=O) groups is 1. The molecule has 0 aromatic carbocycles. The highest BCUT2D eigenvalue weighted by Gasteiger charge is 2.31. The largest absolute Gasteiger partial charge is 0.338 e. The van der Waals surface area contributed by atoms with Gasteiger partial charge >= 0.3 is 0 Å². The minimum atomic E-state index is 0.0761. The summed E-state index contributed by atoms with van der Waals surface area (Å²) in [6.07, 6.45) is 6.51. The molecule has 1 amide bonds. The van der Waals surface area contributed by atoms with Crippen molar-refractivity contribution in [2.45, 2.75) is 6.54 Å². The molecule has 0 unspecified atom stereocenters. The van der Waals surface area contributed by atoms with E-state index in [1.807, 2.05) is 4.90 Å². The first-order chi connectivity index (χ1) is 8.83. The standard InChI is InChI=1S/C12H13N5O/c18-12(11-1-3-13-4-2-11)16-5-10(6-16)7-17-9-14-8-15-17/h1-4,8-10H,5-7H2. The molecule has 2 aromatic heterocycles. The highest BCUT2D eigenvalue weighted by molar-refractivity contribution is 5.94. The van der Waals surface area contributed by atoms with Crippen LogP contribution in [0.5, 0.6) is 0 Å². The first-order valence-corrected chi connectivity index (χ1v) is 5.84. The van der Waals surface area contributed by atoms with Gasteiger partial charge in [0.15, 0.2) is 0 Å². The van der Waals surface area contributed by atoms with Gasteiger partial charge in [0.1, 0.15) is 12.7 Å². The summed E-state index contributed by atoms with van der Waals surface area (Å²) >= 11 is 0. The molecular weight excluding hydrogens is 230 g/mol. The van der Waals surface area contributed by atoms with Crippen molar-refractivity contribution in [2.24, 2.45) is 5.92 Å². The molecule has 0 bridgehead atoms. The molecule has 6 heteroatoms. The van der Waals surface area contributed by atoms with Gasteiger partial charge in [0.25, 0.3) is 5.91 Å². The summed E-state index contributed by atoms with van der Waals surface area (Å²) in [4.78, 5) is 21.7. The lowest BCUT2D eigenvalue weighted by atomic mass is 9.99. The highest BCUT2D eigenvalue weighted by atomic mass is 16.2. The van der Waals surface area contributed by atoms with Crippen LogP contribution in [-0.2, 0) is 6.54 Å². The molecule has 3 heterocycles. The van der Waals surface area contributed by atoms with Crippen LogP contribution in [0.2, 0.25) is 0 Å². The second-order valence-corrected chi connectivity index (χ2v) is 4.43. The zero-order chi connectivity index (χ0) is 12.4. The van der Waals surface area contributed by atoms with E-state index in [0.717, 1.165) is 19.6 Å². The van der Waals surface area contributed by atoms with E-state index in [4.69, 9.17) is 0 Å². The van der Waals surface area contributed by atoms with Crippen LogP contribution < -0.4 is 0 Å². The van der Waals surface area contributed by atoms with Crippen LogP contribution in [0.1, 0.15) is 10.4 Å². The Balaban J connectivity index is 1.55. The second kappa shape index (κ2) is 4.56. The number of amides is 1. The van der Waals surface area contributed by atoms with Gasteiger partial charge in [-0.3, -0.25) is 14.5 Å². The van der Waals surface area contributed by atoms with Crippen molar-refractivity contribution in [2.75, 3.05) is 13.1 Å². The molecule has 1 aliphatic rings. The molecule has 2 aromatic rings. The Kier molecular flexibility index (Phi) is 2.76. The maximum absolute atomic E-state index is 12.0. The van der Waals surface area contributed by atoms with E-state index in [1.165, 1.54) is 6.33 Å². The first-order valence-electron chi connectivity index (χ1n) is 5.84. The average molecular weight is 243 g/mol. The van der Waals surface area contributed by atoms with Gasteiger partial charge in [-0.15, -0.1) is 0 Å². The molecule has 0 aliphatic carbocycles. The molecule has 92 valence electrons. The molecule has 0 radical (unpaired) electrons. The lowest BCUT2D eigenvalue weighted by Crippen LogP contribution is -2.51. The Bertz CT molecular complexity index is 519. The van der Waals surface area contributed by atoms with E-state index < -0.39 is 0 Å². The van der Waals surface area contributed by atoms with Crippen LogP contribution in [0.15, 0.2) is 37.2 Å². The molecule has 0 saturated carbocycles. The van der Waals surface area contributed by atoms with Gasteiger partial charge in [0.2, 0.25) is 0 Å². The number of nitrogens with zero attached hydrogens (tertiary/aromatic N) is 5. The minimum absolute atomic E-state index is 0.0761. The Morgan fingerprint density at radius 3 is 2.72 bits per heavy atom. The van der Waals surface area contributed by atoms with Crippen LogP contribution in [-0.4, -0.2) is 43.6 Å². The average Bonchev–Trinajstić information content (AvgIpc) is 2.86. The predicted octanol–water partition coefficient (Wildman–Crippen LogP) is 0.445. The van der Waals surface area contributed by atoms with Crippen LogP contribution in [0.25, 0.3) is 0 Å². The maximum atomic E-state index is 12.0. The quantitative estimate of drug-likeness (QED) is 0.785. The lowest BCUT2D eigenvalue weighted by molar-refractivity contribution is 0.0461. The van der Waals surface area contributed by atoms with Crippen molar-refractivity contribution in [3.63, 3.8) is 0 Å². The van der Waals surface area contributed by atoms with Crippen LogP contribution in [0, 0.1) is 5.92 Å². The molecule has 1 fully saturated rings. The summed E-state index contributed by atoms with van der Waals surface area (Å²) in [5, 5.41) is 4.06. The summed E-state index contributed by atoms with van der Waals surface area (Å²) in [7, 11) is 0. The number of pyridine rings is 1. The Morgan fingerprint density at radius 2 is 2.06 bits per heavy atom. The van der Waals surface area contributed by atoms with Gasteiger partial charge in [0.05, 0.1) is 0 Å². The second-order valence-electron chi connectivity index (χ2n) is 4.43. The fourth-order valence-corrected chi connectivity index (χ4v) is 2.12. The number of rotatable bonds is 3. The van der Waals surface area contributed by atoms with E-state index in [0.29, 0.717) is 11.5 Å². The third kappa shape index (κ3) is 2.09. The molecular formula is C12H13N5O. The van der Waals surface area contributed by atoms with Gasteiger partial charge in [0, 0.05) is 43.5 Å². The van der Waals surface area contributed by atoms with Gasteiger partial charge in [-0.05, 0) is 12.1 Å². The normalized spacial score (nSPS) is 15.4. The van der Waals surface area contributed by atoms with Crippen LogP contribution in [0.3, 0.4) is 0 Å². The first kappa shape index (κ1) is 10.9. The topological polar surface area (TPSA) is 63.9 Å². The molecule has 6 nitrogen and oxygen atoms in total. The SMILES string of the molecule is O=C(c1ccncc1)N1CC(Cn2cncn2)C1. The summed E-state index contributed by atoms with van der Waals surface area (Å²) in [6.45, 7) is 2.38. The fraction of sp³-hybridized carbons (Fsp3) is 0.333. The Hall–Kier alpha value is -2.24. The molecule has 0 spiro atoms. The maximum Gasteiger partial charge on any atom is 0.253 e. The predicted molar refractivity (Wildman–Crippen MR) is 63.7 cm³/mol. The van der Waals surface area contributed by atoms with Crippen LogP contribution >= 0.6 is 0 Å². The van der Waals surface area contributed by atoms with Crippen molar-refractivity contribution < 1.29 is 4.79 Å². The molecule has 0 atom stereocenters. The molecule has 18 heavy (non-hydrogen) atoms. The smallest absolute Gasteiger partial charge is 0.253 e. The van der Waals surface area contributed by atoms with Crippen LogP contribution in [0.4, 0.5) is 0 Å². The van der Waals surface area contributed by atoms with Crippen molar-refractivity contribution in [3.05, 3.63) is 42.7 Å². The Labute approximate surface area is 104 Å². The Morgan fingerprint density at radius 1 is 1.28 bits per heavy atom. The van der Waals surface area contributed by atoms with Crippen molar-refractivity contribution in [3.8, 4) is 0 Å². The van der Waals surface area contributed by atoms with Gasteiger partial charge in [-0.25, -0.2) is 4.98 Å². The number of hydrogen-bond donors (Lipinski definition) is 0. The summed E-state index contributed by atoms with van der Waals surface area (Å²) in [6, 6.07) is 3.49. The molecule has 1 aliphatic heterocycles. The monoisotopic (exact) mass is 243 g/mol. The van der Waals surface area contributed by atoms with E-state index in [2.05, 4.69) is 15.1 Å². The van der Waals surface area contributed by atoms with E-state index in [1.54, 1.807) is 35.5 Å². The van der Waals surface area contributed by atoms with E-state index in [-0.39, 0.29) is 5.91 Å². The molecule has 3 rings (SSSR count). The van der Waals surface area contributed by atoms with Gasteiger partial charge in [-0.2, -0.15) is 5.10 Å². The number of aromatic nitrogens is 4. The molecule has 0 N–H and O–H groups in total. The third-order valence-corrected chi connectivity index (χ3v) is 3.08. The minimum Gasteiger partial charge on any atom is -0.338 e. The van der Waals surface area contributed by atoms with Gasteiger partial charge in [-0.1, -0.05) is 0 Å². The number of likely N-dealkylation sites (tertiary alicyclic amines) is 1. The third-order valence-electron chi connectivity index (χ3n) is 3.08. The van der Waals surface area contributed by atoms with Crippen molar-refractivity contribution >= 4 is 5.91 Å². The van der Waals surface area contributed by atoms with Crippen molar-refractivity contribution in [1.29, 1.82) is 0 Å². The highest BCUT2D eigenvalue weighted by Crippen LogP contribution is 2.19. The number of carbonyl (C=O) groups excluding carboxylic acids is 1. The van der Waals surface area contributed by atoms with E-state index >= 15 is 0 Å². The zero-order valence-corrected chi connectivity index (χ0v) is 9.81. The summed E-state index contributed by atoms with van der Waals surface area (Å²) in [5.74, 6) is 0.546. The lowest BCUT2D eigenvalue weighted by Gasteiger charge is -2.39. The molecule has 1 saturated heterocycles. The summed E-state index contributed by atoms with van der Waals surface area (Å²) in [5.41, 5.74) is 0.698. The number of hydrogen-bond acceptors (Lipinski definition) is 4. The van der Waals surface area contributed by atoms with E-state index in [9.17, 15) is 4.79 Å². The zero-order valence-electron chi connectivity index (χ0n) is 9.81. The van der Waals surface area contributed by atoms with Gasteiger partial charge < -0.3 is 4.90 Å². The fourth-order valence-electron chi connectivity index (χ4n) is 2.12. The van der Waals surface area contributed by atoms with Crippen molar-refractivity contribution in [1.82, 2.24) is 24.6 Å². The summed E-state index contributed by atoms with van der Waals surface area (Å²) < 4.78 is 1.80.